The summed E-state index contributed by atoms with van der Waals surface area (Å²) in [5.74, 6) is 0.944. The second-order valence-corrected chi connectivity index (χ2v) is 6.96. The monoisotopic (exact) mass is 355 g/mol. The van der Waals surface area contributed by atoms with E-state index in [9.17, 15) is 0 Å². The zero-order valence-electron chi connectivity index (χ0n) is 17.1. The Bertz CT molecular complexity index is 690. The Morgan fingerprint density at radius 1 is 0.962 bits per heavy atom. The molecule has 0 saturated heterocycles. The Kier molecular flexibility index (Phi) is 7.51. The van der Waals surface area contributed by atoms with E-state index in [0.29, 0.717) is 6.04 Å². The molecule has 5 nitrogen and oxygen atoms in total. The highest BCUT2D eigenvalue weighted by Gasteiger charge is 2.15. The number of nitrogens with one attached hydrogen (secondary N) is 1. The van der Waals surface area contributed by atoms with E-state index in [1.807, 2.05) is 6.20 Å². The second kappa shape index (κ2) is 9.62. The number of aromatic nitrogens is 3. The van der Waals surface area contributed by atoms with Crippen LogP contribution in [0.2, 0.25) is 0 Å². The maximum Gasteiger partial charge on any atom is 0.148 e. The molecule has 0 fully saturated rings. The van der Waals surface area contributed by atoms with Gasteiger partial charge in [-0.2, -0.15) is 0 Å². The summed E-state index contributed by atoms with van der Waals surface area (Å²) in [5, 5.41) is 3.59. The lowest BCUT2D eigenvalue weighted by atomic mass is 10.1. The molecule has 0 saturated carbocycles. The SMILES string of the molecule is CCc1nc(-c2ccc(CN(C)C)nc2)c(CC)nc1NC(CC)CC. The number of pyridine rings is 1. The average Bonchev–Trinajstić information content (AvgIpc) is 2.65. The van der Waals surface area contributed by atoms with Gasteiger partial charge in [-0.3, -0.25) is 4.98 Å². The van der Waals surface area contributed by atoms with Crippen LogP contribution >= 0.6 is 0 Å². The summed E-state index contributed by atoms with van der Waals surface area (Å²) in [7, 11) is 4.10. The van der Waals surface area contributed by atoms with Gasteiger partial charge in [0.05, 0.1) is 22.8 Å². The van der Waals surface area contributed by atoms with Crippen molar-refractivity contribution in [2.75, 3.05) is 19.4 Å². The molecule has 1 N–H and O–H groups in total. The second-order valence-electron chi connectivity index (χ2n) is 6.96. The predicted molar refractivity (Wildman–Crippen MR) is 109 cm³/mol. The first-order valence-electron chi connectivity index (χ1n) is 9.78. The Morgan fingerprint density at radius 3 is 2.15 bits per heavy atom. The van der Waals surface area contributed by atoms with Gasteiger partial charge in [0, 0.05) is 24.3 Å². The Labute approximate surface area is 158 Å². The van der Waals surface area contributed by atoms with Crippen LogP contribution in [0.15, 0.2) is 18.3 Å². The Balaban J connectivity index is 2.39. The third kappa shape index (κ3) is 5.01. The number of anilines is 1. The lowest BCUT2D eigenvalue weighted by Gasteiger charge is -2.19. The molecule has 142 valence electrons. The number of aryl methyl sites for hydroxylation is 2. The van der Waals surface area contributed by atoms with Crippen molar-refractivity contribution in [3.8, 4) is 11.3 Å². The lowest BCUT2D eigenvalue weighted by Crippen LogP contribution is -2.20. The minimum absolute atomic E-state index is 0.442. The van der Waals surface area contributed by atoms with Gasteiger partial charge in [0.1, 0.15) is 5.82 Å². The zero-order chi connectivity index (χ0) is 19.1. The molecule has 0 spiro atoms. The van der Waals surface area contributed by atoms with E-state index in [2.05, 4.69) is 69.1 Å². The molecular weight excluding hydrogens is 322 g/mol. The van der Waals surface area contributed by atoms with Crippen molar-refractivity contribution < 1.29 is 0 Å². The fourth-order valence-electron chi connectivity index (χ4n) is 3.01. The van der Waals surface area contributed by atoms with Crippen LogP contribution in [-0.4, -0.2) is 40.0 Å². The quantitative estimate of drug-likeness (QED) is 0.726. The van der Waals surface area contributed by atoms with Crippen molar-refractivity contribution in [2.24, 2.45) is 0 Å². The first kappa shape index (κ1) is 20.3. The molecule has 2 aromatic rings. The predicted octanol–water partition coefficient (Wildman–Crippen LogP) is 4.33. The highest BCUT2D eigenvalue weighted by atomic mass is 15.1. The van der Waals surface area contributed by atoms with Gasteiger partial charge in [0.2, 0.25) is 0 Å². The smallest absolute Gasteiger partial charge is 0.148 e. The van der Waals surface area contributed by atoms with Crippen molar-refractivity contribution >= 4 is 5.82 Å². The molecule has 0 bridgehead atoms. The molecule has 0 aliphatic rings. The van der Waals surface area contributed by atoms with Gasteiger partial charge in [-0.25, -0.2) is 9.97 Å². The van der Waals surface area contributed by atoms with Gasteiger partial charge in [0.25, 0.3) is 0 Å². The minimum Gasteiger partial charge on any atom is -0.366 e. The Hall–Kier alpha value is -2.01. The van der Waals surface area contributed by atoms with Crippen molar-refractivity contribution in [1.29, 1.82) is 0 Å². The highest BCUT2D eigenvalue weighted by molar-refractivity contribution is 5.63. The van der Waals surface area contributed by atoms with Gasteiger partial charge in [-0.1, -0.05) is 27.7 Å². The molecular formula is C21H33N5. The normalized spacial score (nSPS) is 11.4. The third-order valence-corrected chi connectivity index (χ3v) is 4.61. The molecule has 26 heavy (non-hydrogen) atoms. The van der Waals surface area contributed by atoms with Gasteiger partial charge >= 0.3 is 0 Å². The number of rotatable bonds is 9. The average molecular weight is 356 g/mol. The van der Waals surface area contributed by atoms with Crippen LogP contribution in [0.3, 0.4) is 0 Å². The van der Waals surface area contributed by atoms with Crippen molar-refractivity contribution in [3.63, 3.8) is 0 Å². The lowest BCUT2D eigenvalue weighted by molar-refractivity contribution is 0.397. The molecule has 0 radical (unpaired) electrons. The maximum atomic E-state index is 4.97. The van der Waals surface area contributed by atoms with Gasteiger partial charge in [-0.05, 0) is 51.9 Å². The molecule has 0 aliphatic carbocycles. The summed E-state index contributed by atoms with van der Waals surface area (Å²) >= 11 is 0. The van der Waals surface area contributed by atoms with Crippen molar-refractivity contribution in [2.45, 2.75) is 66.0 Å². The van der Waals surface area contributed by atoms with Crippen molar-refractivity contribution in [1.82, 2.24) is 19.9 Å². The van der Waals surface area contributed by atoms with Gasteiger partial charge in [0.15, 0.2) is 0 Å². The fraction of sp³-hybridized carbons (Fsp3) is 0.571. The molecule has 0 unspecified atom stereocenters. The van der Waals surface area contributed by atoms with Gasteiger partial charge < -0.3 is 10.2 Å². The fourth-order valence-corrected chi connectivity index (χ4v) is 3.01. The summed E-state index contributed by atoms with van der Waals surface area (Å²) in [6.45, 7) is 9.52. The standard InChI is InChI=1S/C21H33N5/c1-7-16(8-2)23-21-19(10-4)24-20(18(9-3)25-21)15-11-12-17(22-13-15)14-26(5)6/h11-13,16H,7-10,14H2,1-6H3,(H,23,25). The summed E-state index contributed by atoms with van der Waals surface area (Å²) < 4.78 is 0. The molecule has 0 aromatic carbocycles. The topological polar surface area (TPSA) is 53.9 Å². The molecule has 0 aliphatic heterocycles. The summed E-state index contributed by atoms with van der Waals surface area (Å²) in [6, 6.07) is 4.64. The van der Waals surface area contributed by atoms with E-state index in [4.69, 9.17) is 9.97 Å². The third-order valence-electron chi connectivity index (χ3n) is 4.61. The van der Waals surface area contributed by atoms with E-state index >= 15 is 0 Å². The summed E-state index contributed by atoms with van der Waals surface area (Å²) in [5.41, 5.74) is 5.12. The minimum atomic E-state index is 0.442. The van der Waals surface area contributed by atoms with Crippen LogP contribution in [0.5, 0.6) is 0 Å². The molecule has 5 heteroatoms. The number of hydrogen-bond acceptors (Lipinski definition) is 5. The van der Waals surface area contributed by atoms with Crippen LogP contribution < -0.4 is 5.32 Å². The van der Waals surface area contributed by atoms with E-state index in [1.54, 1.807) is 0 Å². The molecule has 2 rings (SSSR count). The van der Waals surface area contributed by atoms with Gasteiger partial charge in [-0.15, -0.1) is 0 Å². The number of nitrogens with zero attached hydrogens (tertiary/aromatic N) is 4. The van der Waals surface area contributed by atoms with Crippen molar-refractivity contribution in [3.05, 3.63) is 35.4 Å². The van der Waals surface area contributed by atoms with E-state index < -0.39 is 0 Å². The highest BCUT2D eigenvalue weighted by Crippen LogP contribution is 2.25. The van der Waals surface area contributed by atoms with Crippen LogP contribution in [0, 0.1) is 0 Å². The maximum absolute atomic E-state index is 4.97. The molecule has 2 heterocycles. The first-order chi connectivity index (χ1) is 12.5. The molecule has 2 aromatic heterocycles. The van der Waals surface area contributed by atoms with Crippen LogP contribution in [0.25, 0.3) is 11.3 Å². The van der Waals surface area contributed by atoms with E-state index in [-0.39, 0.29) is 0 Å². The van der Waals surface area contributed by atoms with Crippen LogP contribution in [0.4, 0.5) is 5.82 Å². The number of hydrogen-bond donors (Lipinski definition) is 1. The first-order valence-corrected chi connectivity index (χ1v) is 9.78. The Morgan fingerprint density at radius 2 is 1.65 bits per heavy atom. The summed E-state index contributed by atoms with van der Waals surface area (Å²) in [6.07, 6.45) is 5.81. The summed E-state index contributed by atoms with van der Waals surface area (Å²) in [4.78, 5) is 16.6. The van der Waals surface area contributed by atoms with E-state index in [0.717, 1.165) is 66.4 Å². The zero-order valence-corrected chi connectivity index (χ0v) is 17.1. The van der Waals surface area contributed by atoms with E-state index in [1.165, 1.54) is 0 Å². The molecule has 0 atom stereocenters. The van der Waals surface area contributed by atoms with Crippen LogP contribution in [0.1, 0.15) is 57.6 Å². The molecule has 0 amide bonds. The largest absolute Gasteiger partial charge is 0.366 e. The van der Waals surface area contributed by atoms with Crippen LogP contribution in [-0.2, 0) is 19.4 Å².